The third-order valence-electron chi connectivity index (χ3n) is 2.19. The topological polar surface area (TPSA) is 29.1 Å². The molecule has 0 aliphatic rings. The zero-order valence-corrected chi connectivity index (χ0v) is 11.5. The van der Waals surface area contributed by atoms with Gasteiger partial charge in [-0.15, -0.1) is 11.6 Å². The summed E-state index contributed by atoms with van der Waals surface area (Å²) in [6, 6.07) is 7.25. The fourth-order valence-electron chi connectivity index (χ4n) is 1.32. The largest absolute Gasteiger partial charge is 0.351 e. The molecule has 0 heterocycles. The molecular weight excluding hydrogens is 289 g/mol. The molecule has 0 radical (unpaired) electrons. The first-order chi connectivity index (χ1) is 7.63. The molecular formula is C12H15BrClNO. The molecule has 0 bridgehead atoms. The Hall–Kier alpha value is -0.540. The molecule has 4 heteroatoms. The van der Waals surface area contributed by atoms with Crippen molar-refractivity contribution in [1.82, 2.24) is 5.32 Å². The van der Waals surface area contributed by atoms with E-state index in [0.717, 1.165) is 17.3 Å². The summed E-state index contributed by atoms with van der Waals surface area (Å²) in [6.45, 7) is 2.59. The van der Waals surface area contributed by atoms with E-state index in [1.54, 1.807) is 12.1 Å². The van der Waals surface area contributed by atoms with Crippen molar-refractivity contribution in [2.45, 2.75) is 25.1 Å². The van der Waals surface area contributed by atoms with Crippen LogP contribution >= 0.6 is 27.5 Å². The van der Waals surface area contributed by atoms with Crippen molar-refractivity contribution in [2.24, 2.45) is 0 Å². The van der Waals surface area contributed by atoms with E-state index >= 15 is 0 Å². The van der Waals surface area contributed by atoms with E-state index in [-0.39, 0.29) is 11.3 Å². The molecule has 0 aromatic heterocycles. The minimum Gasteiger partial charge on any atom is -0.351 e. The van der Waals surface area contributed by atoms with E-state index in [1.807, 2.05) is 12.1 Å². The Kier molecular flexibility index (Phi) is 5.85. The van der Waals surface area contributed by atoms with Gasteiger partial charge in [0.1, 0.15) is 0 Å². The number of hydrogen-bond acceptors (Lipinski definition) is 1. The maximum absolute atomic E-state index is 11.7. The predicted octanol–water partition coefficient (Wildman–Crippen LogP) is 3.59. The minimum atomic E-state index is -0.0748. The number of alkyl halides is 1. The highest BCUT2D eigenvalue weighted by Gasteiger charge is 2.08. The number of rotatable bonds is 5. The molecule has 1 N–H and O–H groups in total. The molecule has 0 saturated carbocycles. The Morgan fingerprint density at radius 2 is 2.06 bits per heavy atom. The summed E-state index contributed by atoms with van der Waals surface area (Å²) in [5.41, 5.74) is 0.656. The number of hydrogen-bond donors (Lipinski definition) is 1. The maximum Gasteiger partial charge on any atom is 0.251 e. The predicted molar refractivity (Wildman–Crippen MR) is 71.0 cm³/mol. The summed E-state index contributed by atoms with van der Waals surface area (Å²) in [5, 5.41) is 2.83. The number of carbonyl (C=O) groups excluding carboxylic acids is 1. The third kappa shape index (κ3) is 4.54. The van der Waals surface area contributed by atoms with Gasteiger partial charge in [-0.05, 0) is 30.7 Å². The smallest absolute Gasteiger partial charge is 0.251 e. The Labute approximate surface area is 110 Å². The van der Waals surface area contributed by atoms with Crippen molar-refractivity contribution >= 4 is 33.4 Å². The van der Waals surface area contributed by atoms with Crippen LogP contribution in [-0.2, 0) is 0 Å². The van der Waals surface area contributed by atoms with Gasteiger partial charge in [0.2, 0.25) is 0 Å². The number of carbonyl (C=O) groups is 1. The van der Waals surface area contributed by atoms with Crippen LogP contribution in [0.4, 0.5) is 0 Å². The Morgan fingerprint density at radius 3 is 2.62 bits per heavy atom. The lowest BCUT2D eigenvalue weighted by Gasteiger charge is -2.09. The van der Waals surface area contributed by atoms with Crippen LogP contribution in [0.25, 0.3) is 0 Å². The normalized spacial score (nSPS) is 12.2. The fraction of sp³-hybridized carbons (Fsp3) is 0.417. The molecule has 1 atom stereocenters. The molecule has 0 spiro atoms. The second-order valence-corrected chi connectivity index (χ2v) is 5.14. The average Bonchev–Trinajstić information content (AvgIpc) is 2.27. The lowest BCUT2D eigenvalue weighted by atomic mass is 10.2. The third-order valence-corrected chi connectivity index (χ3v) is 3.09. The van der Waals surface area contributed by atoms with Gasteiger partial charge in [0.25, 0.3) is 5.91 Å². The number of nitrogens with one attached hydrogen (secondary N) is 1. The van der Waals surface area contributed by atoms with Crippen LogP contribution in [0.1, 0.15) is 30.1 Å². The summed E-state index contributed by atoms with van der Waals surface area (Å²) in [4.78, 5) is 11.7. The second kappa shape index (κ2) is 6.92. The minimum absolute atomic E-state index is 0.0180. The van der Waals surface area contributed by atoms with Crippen LogP contribution in [0.2, 0.25) is 0 Å². The zero-order valence-electron chi connectivity index (χ0n) is 9.17. The van der Waals surface area contributed by atoms with E-state index in [1.165, 1.54) is 0 Å². The molecule has 1 unspecified atom stereocenters. The summed E-state index contributed by atoms with van der Waals surface area (Å²) in [6.07, 6.45) is 1.95. The van der Waals surface area contributed by atoms with E-state index < -0.39 is 0 Å². The van der Waals surface area contributed by atoms with Gasteiger partial charge in [-0.3, -0.25) is 4.79 Å². The van der Waals surface area contributed by atoms with Gasteiger partial charge in [0.05, 0.1) is 5.38 Å². The lowest BCUT2D eigenvalue weighted by Crippen LogP contribution is -2.29. The molecule has 1 amide bonds. The standard InChI is InChI=1S/C12H15BrClNO/c1-2-3-11(14)8-15-12(16)9-4-6-10(13)7-5-9/h4-7,11H,2-3,8H2,1H3,(H,15,16). The highest BCUT2D eigenvalue weighted by atomic mass is 79.9. The van der Waals surface area contributed by atoms with E-state index in [4.69, 9.17) is 11.6 Å². The summed E-state index contributed by atoms with van der Waals surface area (Å²) < 4.78 is 0.963. The van der Waals surface area contributed by atoms with Crippen molar-refractivity contribution in [3.05, 3.63) is 34.3 Å². The fourth-order valence-corrected chi connectivity index (χ4v) is 1.88. The quantitative estimate of drug-likeness (QED) is 0.828. The van der Waals surface area contributed by atoms with Gasteiger partial charge in [0, 0.05) is 16.6 Å². The van der Waals surface area contributed by atoms with Crippen molar-refractivity contribution in [1.29, 1.82) is 0 Å². The molecule has 0 fully saturated rings. The van der Waals surface area contributed by atoms with Gasteiger partial charge in [-0.25, -0.2) is 0 Å². The molecule has 16 heavy (non-hydrogen) atoms. The van der Waals surface area contributed by atoms with E-state index in [2.05, 4.69) is 28.2 Å². The second-order valence-electron chi connectivity index (χ2n) is 3.60. The van der Waals surface area contributed by atoms with Crippen LogP contribution in [0.15, 0.2) is 28.7 Å². The Morgan fingerprint density at radius 1 is 1.44 bits per heavy atom. The molecule has 0 aliphatic carbocycles. The summed E-state index contributed by atoms with van der Waals surface area (Å²) in [5.74, 6) is -0.0748. The number of benzene rings is 1. The van der Waals surface area contributed by atoms with E-state index in [9.17, 15) is 4.79 Å². The maximum atomic E-state index is 11.7. The highest BCUT2D eigenvalue weighted by Crippen LogP contribution is 2.10. The van der Waals surface area contributed by atoms with E-state index in [0.29, 0.717) is 12.1 Å². The Balaban J connectivity index is 2.43. The SMILES string of the molecule is CCCC(Cl)CNC(=O)c1ccc(Br)cc1. The van der Waals surface area contributed by atoms with Gasteiger partial charge >= 0.3 is 0 Å². The monoisotopic (exact) mass is 303 g/mol. The molecule has 1 rings (SSSR count). The zero-order chi connectivity index (χ0) is 12.0. The van der Waals surface area contributed by atoms with Gasteiger partial charge in [-0.1, -0.05) is 29.3 Å². The first-order valence-electron chi connectivity index (χ1n) is 5.31. The van der Waals surface area contributed by atoms with Crippen LogP contribution in [0.5, 0.6) is 0 Å². The lowest BCUT2D eigenvalue weighted by molar-refractivity contribution is 0.0953. The molecule has 0 saturated heterocycles. The molecule has 2 nitrogen and oxygen atoms in total. The average molecular weight is 305 g/mol. The summed E-state index contributed by atoms with van der Waals surface area (Å²) in [7, 11) is 0. The van der Waals surface area contributed by atoms with Crippen molar-refractivity contribution in [3.8, 4) is 0 Å². The van der Waals surface area contributed by atoms with Gasteiger partial charge < -0.3 is 5.32 Å². The van der Waals surface area contributed by atoms with Crippen LogP contribution < -0.4 is 5.32 Å². The van der Waals surface area contributed by atoms with Crippen LogP contribution in [0, 0.1) is 0 Å². The number of halogens is 2. The number of amides is 1. The van der Waals surface area contributed by atoms with Gasteiger partial charge in [0.15, 0.2) is 0 Å². The first-order valence-corrected chi connectivity index (χ1v) is 6.54. The molecule has 0 aliphatic heterocycles. The molecule has 1 aromatic carbocycles. The van der Waals surface area contributed by atoms with Crippen LogP contribution in [-0.4, -0.2) is 17.8 Å². The first kappa shape index (κ1) is 13.5. The highest BCUT2D eigenvalue weighted by molar-refractivity contribution is 9.10. The molecule has 88 valence electrons. The molecule has 1 aromatic rings. The van der Waals surface area contributed by atoms with Crippen molar-refractivity contribution < 1.29 is 4.79 Å². The van der Waals surface area contributed by atoms with Crippen molar-refractivity contribution in [2.75, 3.05) is 6.54 Å². The van der Waals surface area contributed by atoms with Crippen LogP contribution in [0.3, 0.4) is 0 Å². The van der Waals surface area contributed by atoms with Gasteiger partial charge in [-0.2, -0.15) is 0 Å². The Bertz CT molecular complexity index is 339. The summed E-state index contributed by atoms with van der Waals surface area (Å²) >= 11 is 9.34. The van der Waals surface area contributed by atoms with Crippen molar-refractivity contribution in [3.63, 3.8) is 0 Å².